The lowest BCUT2D eigenvalue weighted by atomic mass is 10.0. The van der Waals surface area contributed by atoms with Gasteiger partial charge in [-0.3, -0.25) is 9.59 Å². The fraction of sp³-hybridized carbons (Fsp3) is 0.333. The first kappa shape index (κ1) is 24.2. The lowest BCUT2D eigenvalue weighted by Crippen LogP contribution is -2.23. The van der Waals surface area contributed by atoms with Gasteiger partial charge in [-0.1, -0.05) is 55.2 Å². The molecular formula is C21H23Cl2NO5S. The zero-order valence-electron chi connectivity index (χ0n) is 16.7. The summed E-state index contributed by atoms with van der Waals surface area (Å²) in [6.45, 7) is 3.46. The lowest BCUT2D eigenvalue weighted by molar-refractivity contribution is -0.146. The molecule has 1 amide bonds. The first-order chi connectivity index (χ1) is 14.2. The highest BCUT2D eigenvalue weighted by atomic mass is 35.5. The van der Waals surface area contributed by atoms with Crippen molar-refractivity contribution in [1.29, 1.82) is 0 Å². The number of amides is 1. The van der Waals surface area contributed by atoms with Crippen molar-refractivity contribution in [1.82, 2.24) is 0 Å². The molecule has 0 heterocycles. The van der Waals surface area contributed by atoms with Crippen LogP contribution in [0.4, 0.5) is 5.69 Å². The molecule has 30 heavy (non-hydrogen) atoms. The van der Waals surface area contributed by atoms with Crippen LogP contribution >= 0.6 is 23.2 Å². The van der Waals surface area contributed by atoms with Crippen molar-refractivity contribution in [2.45, 2.75) is 38.0 Å². The number of carbonyl (C=O) groups is 2. The van der Waals surface area contributed by atoms with E-state index in [-0.39, 0.29) is 14.9 Å². The van der Waals surface area contributed by atoms with Gasteiger partial charge in [-0.2, -0.15) is 0 Å². The van der Waals surface area contributed by atoms with E-state index in [1.54, 1.807) is 0 Å². The van der Waals surface area contributed by atoms with E-state index < -0.39 is 40.5 Å². The minimum Gasteiger partial charge on any atom is -0.456 e. The Labute approximate surface area is 186 Å². The number of rotatable bonds is 9. The molecule has 0 bridgehead atoms. The molecule has 0 atom stereocenters. The van der Waals surface area contributed by atoms with E-state index in [2.05, 4.69) is 5.32 Å². The highest BCUT2D eigenvalue weighted by Gasteiger charge is 2.21. The van der Waals surface area contributed by atoms with E-state index in [0.29, 0.717) is 0 Å². The molecule has 0 aliphatic heterocycles. The molecule has 0 saturated carbocycles. The standard InChI is InChI=1S/C21H23Cl2NO5S/c1-3-14-6-5-7-15(4-2)21(14)24-19(25)13-29-20(26)10-11-30(27,28)18-12-16(22)8-9-17(18)23/h5-9,12H,3-4,10-11,13H2,1-2H3,(H,24,25). The molecule has 9 heteroatoms. The molecule has 2 aromatic carbocycles. The van der Waals surface area contributed by atoms with Crippen molar-refractivity contribution in [3.63, 3.8) is 0 Å². The summed E-state index contributed by atoms with van der Waals surface area (Å²) in [5.74, 6) is -1.79. The maximum absolute atomic E-state index is 12.4. The summed E-state index contributed by atoms with van der Waals surface area (Å²) in [5.41, 5.74) is 2.69. The second kappa shape index (κ2) is 10.8. The third-order valence-electron chi connectivity index (χ3n) is 4.43. The van der Waals surface area contributed by atoms with E-state index in [1.807, 2.05) is 32.0 Å². The predicted octanol–water partition coefficient (Wildman–Crippen LogP) is 4.46. The van der Waals surface area contributed by atoms with Crippen LogP contribution in [0.15, 0.2) is 41.3 Å². The minimum atomic E-state index is -3.83. The monoisotopic (exact) mass is 471 g/mol. The van der Waals surface area contributed by atoms with Crippen LogP contribution in [-0.4, -0.2) is 32.7 Å². The van der Waals surface area contributed by atoms with Gasteiger partial charge in [0.2, 0.25) is 0 Å². The number of esters is 1. The van der Waals surface area contributed by atoms with E-state index >= 15 is 0 Å². The van der Waals surface area contributed by atoms with E-state index in [4.69, 9.17) is 27.9 Å². The molecule has 2 aromatic rings. The van der Waals surface area contributed by atoms with Gasteiger partial charge in [-0.05, 0) is 42.2 Å². The Morgan fingerprint density at radius 1 is 1.03 bits per heavy atom. The molecule has 0 saturated heterocycles. The SMILES string of the molecule is CCc1cccc(CC)c1NC(=O)COC(=O)CCS(=O)(=O)c1cc(Cl)ccc1Cl. The number of ether oxygens (including phenoxy) is 1. The molecule has 6 nitrogen and oxygen atoms in total. The number of nitrogens with one attached hydrogen (secondary N) is 1. The smallest absolute Gasteiger partial charge is 0.307 e. The molecule has 0 aromatic heterocycles. The zero-order chi connectivity index (χ0) is 22.3. The highest BCUT2D eigenvalue weighted by molar-refractivity contribution is 7.91. The summed E-state index contributed by atoms with van der Waals surface area (Å²) >= 11 is 11.7. The molecule has 1 N–H and O–H groups in total. The molecular weight excluding hydrogens is 449 g/mol. The largest absolute Gasteiger partial charge is 0.456 e. The fourth-order valence-electron chi connectivity index (χ4n) is 2.84. The summed E-state index contributed by atoms with van der Waals surface area (Å²) in [6.07, 6.45) is 1.07. The number of anilines is 1. The van der Waals surface area contributed by atoms with Gasteiger partial charge in [0, 0.05) is 10.7 Å². The summed E-state index contributed by atoms with van der Waals surface area (Å²) in [6, 6.07) is 9.85. The Morgan fingerprint density at radius 3 is 2.27 bits per heavy atom. The van der Waals surface area contributed by atoms with Crippen LogP contribution in [0.25, 0.3) is 0 Å². The number of aryl methyl sites for hydroxylation is 2. The van der Waals surface area contributed by atoms with Crippen LogP contribution < -0.4 is 5.32 Å². The van der Waals surface area contributed by atoms with Crippen molar-refractivity contribution in [2.24, 2.45) is 0 Å². The normalized spacial score (nSPS) is 11.2. The molecule has 0 spiro atoms. The van der Waals surface area contributed by atoms with E-state index in [0.717, 1.165) is 29.7 Å². The van der Waals surface area contributed by atoms with Gasteiger partial charge in [-0.25, -0.2) is 8.42 Å². The number of benzene rings is 2. The second-order valence-electron chi connectivity index (χ2n) is 6.51. The molecule has 0 unspecified atom stereocenters. The molecule has 0 radical (unpaired) electrons. The highest BCUT2D eigenvalue weighted by Crippen LogP contribution is 2.26. The zero-order valence-corrected chi connectivity index (χ0v) is 19.0. The van der Waals surface area contributed by atoms with Crippen LogP contribution in [0.2, 0.25) is 10.0 Å². The van der Waals surface area contributed by atoms with E-state index in [1.165, 1.54) is 18.2 Å². The first-order valence-electron chi connectivity index (χ1n) is 9.42. The van der Waals surface area contributed by atoms with Crippen LogP contribution in [0.1, 0.15) is 31.4 Å². The number of para-hydroxylation sites is 1. The Hall–Kier alpha value is -2.09. The van der Waals surface area contributed by atoms with Crippen molar-refractivity contribution >= 4 is 50.6 Å². The first-order valence-corrected chi connectivity index (χ1v) is 11.8. The maximum Gasteiger partial charge on any atom is 0.307 e. The quantitative estimate of drug-likeness (QED) is 0.545. The number of halogens is 2. The van der Waals surface area contributed by atoms with Crippen LogP contribution in [-0.2, 0) is 37.0 Å². The van der Waals surface area contributed by atoms with Crippen LogP contribution in [0, 0.1) is 0 Å². The summed E-state index contributed by atoms with van der Waals surface area (Å²) in [7, 11) is -3.83. The third-order valence-corrected chi connectivity index (χ3v) is 6.86. The van der Waals surface area contributed by atoms with E-state index in [9.17, 15) is 18.0 Å². The average molecular weight is 472 g/mol. The maximum atomic E-state index is 12.4. The molecule has 162 valence electrons. The van der Waals surface area contributed by atoms with Crippen molar-refractivity contribution in [3.05, 3.63) is 57.6 Å². The Kier molecular flexibility index (Phi) is 8.70. The van der Waals surface area contributed by atoms with Crippen molar-refractivity contribution in [3.8, 4) is 0 Å². The van der Waals surface area contributed by atoms with Crippen molar-refractivity contribution < 1.29 is 22.7 Å². The summed E-state index contributed by atoms with van der Waals surface area (Å²) in [5, 5.41) is 3.02. The van der Waals surface area contributed by atoms with Crippen LogP contribution in [0.3, 0.4) is 0 Å². The molecule has 0 aliphatic rings. The number of carbonyl (C=O) groups excluding carboxylic acids is 2. The van der Waals surface area contributed by atoms with Gasteiger partial charge in [0.25, 0.3) is 5.91 Å². The van der Waals surface area contributed by atoms with Gasteiger partial charge in [0.05, 0.1) is 22.1 Å². The predicted molar refractivity (Wildman–Crippen MR) is 118 cm³/mol. The average Bonchev–Trinajstić information content (AvgIpc) is 2.72. The molecule has 2 rings (SSSR count). The lowest BCUT2D eigenvalue weighted by Gasteiger charge is -2.14. The third kappa shape index (κ3) is 6.45. The van der Waals surface area contributed by atoms with Crippen molar-refractivity contribution in [2.75, 3.05) is 17.7 Å². The summed E-state index contributed by atoms with van der Waals surface area (Å²) in [4.78, 5) is 24.0. The van der Waals surface area contributed by atoms with Gasteiger partial charge in [0.15, 0.2) is 16.4 Å². The topological polar surface area (TPSA) is 89.5 Å². The number of hydrogen-bond acceptors (Lipinski definition) is 5. The van der Waals surface area contributed by atoms with Gasteiger partial charge in [-0.15, -0.1) is 0 Å². The second-order valence-corrected chi connectivity index (χ2v) is 9.43. The number of sulfone groups is 1. The Morgan fingerprint density at radius 2 is 1.67 bits per heavy atom. The summed E-state index contributed by atoms with van der Waals surface area (Å²) < 4.78 is 29.7. The Balaban J connectivity index is 1.92. The Bertz CT molecular complexity index is 1020. The number of hydrogen-bond donors (Lipinski definition) is 1. The minimum absolute atomic E-state index is 0.0217. The molecule has 0 fully saturated rings. The fourth-order valence-corrected chi connectivity index (χ4v) is 4.87. The molecule has 0 aliphatic carbocycles. The van der Waals surface area contributed by atoms with Gasteiger partial charge >= 0.3 is 5.97 Å². The van der Waals surface area contributed by atoms with Crippen LogP contribution in [0.5, 0.6) is 0 Å². The van der Waals surface area contributed by atoms with Gasteiger partial charge < -0.3 is 10.1 Å². The van der Waals surface area contributed by atoms with Gasteiger partial charge in [0.1, 0.15) is 0 Å².